The van der Waals surface area contributed by atoms with Gasteiger partial charge < -0.3 is 15.5 Å². The molecular formula is C17H27N4O3+. The molecule has 1 aromatic rings. The highest BCUT2D eigenvalue weighted by atomic mass is 16.6. The van der Waals surface area contributed by atoms with E-state index in [1.165, 1.54) is 23.5 Å². The molecule has 0 saturated carbocycles. The molecule has 1 aromatic carbocycles. The van der Waals surface area contributed by atoms with E-state index in [1.807, 2.05) is 0 Å². The van der Waals surface area contributed by atoms with Gasteiger partial charge in [0.1, 0.15) is 0 Å². The van der Waals surface area contributed by atoms with Crippen molar-refractivity contribution in [2.75, 3.05) is 38.0 Å². The van der Waals surface area contributed by atoms with E-state index in [-0.39, 0.29) is 11.6 Å². The van der Waals surface area contributed by atoms with Gasteiger partial charge in [0.2, 0.25) is 0 Å². The van der Waals surface area contributed by atoms with Gasteiger partial charge in [0, 0.05) is 42.7 Å². The number of nitrogens with one attached hydrogen (secondary N) is 3. The van der Waals surface area contributed by atoms with Crippen molar-refractivity contribution in [3.05, 3.63) is 34.4 Å². The highest BCUT2D eigenvalue weighted by Crippen LogP contribution is 2.14. The van der Waals surface area contributed by atoms with Crippen LogP contribution in [0.5, 0.6) is 0 Å². The maximum Gasteiger partial charge on any atom is 0.275 e. The quantitative estimate of drug-likeness (QED) is 0.388. The first-order chi connectivity index (χ1) is 11.4. The topological polar surface area (TPSA) is 88.7 Å². The molecule has 2 rings (SSSR count). The fraction of sp³-hybridized carbons (Fsp3) is 0.588. The van der Waals surface area contributed by atoms with Crippen molar-refractivity contribution in [3.63, 3.8) is 0 Å². The van der Waals surface area contributed by atoms with E-state index in [0.717, 1.165) is 18.8 Å². The van der Waals surface area contributed by atoms with Crippen molar-refractivity contribution in [2.24, 2.45) is 11.8 Å². The summed E-state index contributed by atoms with van der Waals surface area (Å²) in [4.78, 5) is 23.5. The standard InChI is InChI=1S/C17H26N4O3/c1-13-9-14(2)11-20(10-13)12-17(22)19-8-7-18-15-3-5-16(6-4-15)21(23)24/h3-6,13-14,18H,7-12H2,1-2H3,(H,19,22)/p+1/t13-,14-/m1/s1. The van der Waals surface area contributed by atoms with Crippen LogP contribution in [0, 0.1) is 22.0 Å². The van der Waals surface area contributed by atoms with Crippen LogP contribution in [0.4, 0.5) is 11.4 Å². The molecule has 0 unspecified atom stereocenters. The van der Waals surface area contributed by atoms with Crippen molar-refractivity contribution in [2.45, 2.75) is 20.3 Å². The van der Waals surface area contributed by atoms with Crippen LogP contribution in [-0.4, -0.2) is 43.6 Å². The number of non-ortho nitro benzene ring substituents is 1. The Hall–Kier alpha value is -2.15. The first-order valence-electron chi connectivity index (χ1n) is 8.52. The third kappa shape index (κ3) is 5.81. The fourth-order valence-corrected chi connectivity index (χ4v) is 3.47. The van der Waals surface area contributed by atoms with E-state index >= 15 is 0 Å². The van der Waals surface area contributed by atoms with Gasteiger partial charge in [-0.05, 0) is 18.6 Å². The predicted molar refractivity (Wildman–Crippen MR) is 93.1 cm³/mol. The van der Waals surface area contributed by atoms with Crippen molar-refractivity contribution < 1.29 is 14.6 Å². The summed E-state index contributed by atoms with van der Waals surface area (Å²) in [5.41, 5.74) is 0.876. The predicted octanol–water partition coefficient (Wildman–Crippen LogP) is 0.684. The molecule has 0 spiro atoms. The second-order valence-electron chi connectivity index (χ2n) is 6.86. The molecule has 1 saturated heterocycles. The summed E-state index contributed by atoms with van der Waals surface area (Å²) in [6.07, 6.45) is 1.25. The first kappa shape index (κ1) is 18.2. The second-order valence-corrected chi connectivity index (χ2v) is 6.86. The maximum atomic E-state index is 12.0. The Morgan fingerprint density at radius 3 is 2.42 bits per heavy atom. The zero-order valence-electron chi connectivity index (χ0n) is 14.4. The van der Waals surface area contributed by atoms with Gasteiger partial charge in [-0.15, -0.1) is 0 Å². The van der Waals surface area contributed by atoms with E-state index in [0.29, 0.717) is 31.5 Å². The molecule has 3 N–H and O–H groups in total. The lowest BCUT2D eigenvalue weighted by atomic mass is 9.92. The average molecular weight is 335 g/mol. The minimum Gasteiger partial charge on any atom is -0.383 e. The molecule has 1 heterocycles. The zero-order chi connectivity index (χ0) is 17.5. The number of hydrogen-bond acceptors (Lipinski definition) is 4. The molecule has 7 heteroatoms. The molecule has 1 aliphatic heterocycles. The van der Waals surface area contributed by atoms with Crippen molar-refractivity contribution in [3.8, 4) is 0 Å². The molecule has 7 nitrogen and oxygen atoms in total. The number of rotatable bonds is 7. The molecule has 0 radical (unpaired) electrons. The molecule has 24 heavy (non-hydrogen) atoms. The summed E-state index contributed by atoms with van der Waals surface area (Å²) in [5.74, 6) is 1.44. The zero-order valence-corrected chi connectivity index (χ0v) is 14.4. The number of nitro groups is 1. The number of quaternary nitrogens is 1. The Bertz CT molecular complexity index is 551. The van der Waals surface area contributed by atoms with Crippen molar-refractivity contribution >= 4 is 17.3 Å². The van der Waals surface area contributed by atoms with Crippen LogP contribution in [0.15, 0.2) is 24.3 Å². The molecule has 1 fully saturated rings. The third-order valence-electron chi connectivity index (χ3n) is 4.34. The summed E-state index contributed by atoms with van der Waals surface area (Å²) >= 11 is 0. The highest BCUT2D eigenvalue weighted by molar-refractivity contribution is 5.76. The van der Waals surface area contributed by atoms with Crippen LogP contribution < -0.4 is 15.5 Å². The molecule has 0 aliphatic carbocycles. The average Bonchev–Trinajstić information content (AvgIpc) is 2.51. The van der Waals surface area contributed by atoms with Gasteiger partial charge in [0.05, 0.1) is 18.0 Å². The number of amides is 1. The van der Waals surface area contributed by atoms with Crippen LogP contribution in [0.2, 0.25) is 0 Å². The smallest absolute Gasteiger partial charge is 0.275 e. The summed E-state index contributed by atoms with van der Waals surface area (Å²) in [6, 6.07) is 6.26. The molecule has 1 amide bonds. The van der Waals surface area contributed by atoms with Gasteiger partial charge in [-0.2, -0.15) is 0 Å². The van der Waals surface area contributed by atoms with E-state index in [1.54, 1.807) is 12.1 Å². The second kappa shape index (κ2) is 8.63. The number of benzene rings is 1. The Morgan fingerprint density at radius 1 is 1.21 bits per heavy atom. The number of nitrogens with zero attached hydrogens (tertiary/aromatic N) is 1. The molecule has 2 atom stereocenters. The van der Waals surface area contributed by atoms with Crippen LogP contribution in [-0.2, 0) is 4.79 Å². The number of anilines is 1. The van der Waals surface area contributed by atoms with Gasteiger partial charge in [-0.3, -0.25) is 14.9 Å². The molecule has 132 valence electrons. The normalized spacial score (nSPS) is 23.5. The van der Waals surface area contributed by atoms with Crippen LogP contribution in [0.3, 0.4) is 0 Å². The van der Waals surface area contributed by atoms with Crippen molar-refractivity contribution in [1.29, 1.82) is 0 Å². The van der Waals surface area contributed by atoms with E-state index < -0.39 is 4.92 Å². The van der Waals surface area contributed by atoms with E-state index in [4.69, 9.17) is 0 Å². The minimum absolute atomic E-state index is 0.0711. The van der Waals surface area contributed by atoms with Crippen LogP contribution in [0.1, 0.15) is 20.3 Å². The Kier molecular flexibility index (Phi) is 6.54. The van der Waals surface area contributed by atoms with E-state index in [2.05, 4.69) is 24.5 Å². The van der Waals surface area contributed by atoms with Gasteiger partial charge >= 0.3 is 0 Å². The number of likely N-dealkylation sites (tertiary alicyclic amines) is 1. The lowest BCUT2D eigenvalue weighted by Crippen LogP contribution is -3.15. The number of nitro benzene ring substituents is 1. The van der Waals surface area contributed by atoms with Gasteiger partial charge in [0.15, 0.2) is 6.54 Å². The van der Waals surface area contributed by atoms with E-state index in [9.17, 15) is 14.9 Å². The number of carbonyl (C=O) groups is 1. The maximum absolute atomic E-state index is 12.0. The van der Waals surface area contributed by atoms with Gasteiger partial charge in [-0.25, -0.2) is 0 Å². The molecule has 0 aromatic heterocycles. The summed E-state index contributed by atoms with van der Waals surface area (Å²) < 4.78 is 0. The number of hydrogen-bond donors (Lipinski definition) is 3. The van der Waals surface area contributed by atoms with Gasteiger partial charge in [-0.1, -0.05) is 13.8 Å². The molecular weight excluding hydrogens is 308 g/mol. The molecule has 0 bridgehead atoms. The third-order valence-corrected chi connectivity index (χ3v) is 4.34. The monoisotopic (exact) mass is 335 g/mol. The largest absolute Gasteiger partial charge is 0.383 e. The van der Waals surface area contributed by atoms with Gasteiger partial charge in [0.25, 0.3) is 11.6 Å². The van der Waals surface area contributed by atoms with Crippen LogP contribution >= 0.6 is 0 Å². The SMILES string of the molecule is C[C@@H]1C[C@@H](C)C[NH+](CC(=O)NCCNc2ccc([N+](=O)[O-])cc2)C1. The minimum atomic E-state index is -0.422. The van der Waals surface area contributed by atoms with Crippen molar-refractivity contribution in [1.82, 2.24) is 5.32 Å². The Balaban J connectivity index is 1.64. The number of carbonyl (C=O) groups excluding carboxylic acids is 1. The number of piperidine rings is 1. The first-order valence-corrected chi connectivity index (χ1v) is 8.52. The summed E-state index contributed by atoms with van der Waals surface area (Å²) in [6.45, 7) is 8.30. The Morgan fingerprint density at radius 2 is 1.83 bits per heavy atom. The summed E-state index contributed by atoms with van der Waals surface area (Å²) in [7, 11) is 0. The Labute approximate surface area is 142 Å². The lowest BCUT2D eigenvalue weighted by Gasteiger charge is -2.31. The van der Waals surface area contributed by atoms with Crippen LogP contribution in [0.25, 0.3) is 0 Å². The molecule has 1 aliphatic rings. The summed E-state index contributed by atoms with van der Waals surface area (Å²) in [5, 5.41) is 16.7. The lowest BCUT2D eigenvalue weighted by molar-refractivity contribution is -0.904. The fourth-order valence-electron chi connectivity index (χ4n) is 3.47. The highest BCUT2D eigenvalue weighted by Gasteiger charge is 2.26.